The van der Waals surface area contributed by atoms with Crippen LogP contribution in [-0.4, -0.2) is 112 Å². The molecular weight excluding hydrogens is 628 g/mol. The number of aliphatic carboxylic acids is 1. The number of nitrogens with one attached hydrogen (secondary N) is 5. The van der Waals surface area contributed by atoms with E-state index in [0.29, 0.717) is 30.9 Å². The van der Waals surface area contributed by atoms with Gasteiger partial charge in [-0.05, 0) is 51.0 Å². The summed E-state index contributed by atoms with van der Waals surface area (Å²) in [4.78, 5) is 95.8. The molecule has 1 fully saturated rings. The van der Waals surface area contributed by atoms with Gasteiger partial charge in [0.25, 0.3) is 0 Å². The number of thioether (sulfide) groups is 2. The zero-order valence-corrected chi connectivity index (χ0v) is 27.6. The lowest BCUT2D eigenvalue weighted by Gasteiger charge is -2.15. The second-order valence-electron chi connectivity index (χ2n) is 10.6. The lowest BCUT2D eigenvalue weighted by Crippen LogP contribution is -2.44. The summed E-state index contributed by atoms with van der Waals surface area (Å²) in [5.74, 6) is -1.78. The van der Waals surface area contributed by atoms with E-state index in [2.05, 4.69) is 26.6 Å². The second kappa shape index (κ2) is 23.1. The number of carboxylic acid groups (broad SMARTS) is 1. The standard InChI is InChI=1S/C28H46N6O9S2/c1-19(2)33-22(36)8-6-11-34-26(40)14-20(28(34)43)45-13-7-9-21(35)29-15-23(37)30-16-24(38)31-17-25(39)32-18-44-12-5-3-4-10-27(41)42/h19-20H,3-18H2,1-2H3,(H,29,35)(H,30,37)(H,31,38)(H,32,39)(H,33,36)(H,41,42). The van der Waals surface area contributed by atoms with Gasteiger partial charge in [-0.3, -0.25) is 43.3 Å². The van der Waals surface area contributed by atoms with Crippen molar-refractivity contribution in [2.75, 3.05) is 43.6 Å². The molecule has 0 bridgehead atoms. The van der Waals surface area contributed by atoms with Gasteiger partial charge in [0.05, 0.1) is 30.8 Å². The summed E-state index contributed by atoms with van der Waals surface area (Å²) < 4.78 is 0. The molecule has 7 amide bonds. The molecule has 0 spiro atoms. The van der Waals surface area contributed by atoms with E-state index in [1.807, 2.05) is 13.8 Å². The fraction of sp³-hybridized carbons (Fsp3) is 0.714. The molecule has 1 rings (SSSR count). The molecule has 1 saturated heterocycles. The van der Waals surface area contributed by atoms with Crippen molar-refractivity contribution in [2.45, 2.75) is 82.9 Å². The first-order valence-electron chi connectivity index (χ1n) is 15.0. The number of hydrogen-bond acceptors (Lipinski definition) is 10. The van der Waals surface area contributed by atoms with Crippen LogP contribution >= 0.6 is 23.5 Å². The van der Waals surface area contributed by atoms with Crippen LogP contribution in [-0.2, 0) is 38.4 Å². The van der Waals surface area contributed by atoms with E-state index in [1.54, 1.807) is 0 Å². The average Bonchev–Trinajstić information content (AvgIpc) is 3.24. The number of unbranched alkanes of at least 4 members (excludes halogenated alkanes) is 2. The molecule has 1 atom stereocenters. The van der Waals surface area contributed by atoms with Gasteiger partial charge in [0.2, 0.25) is 41.4 Å². The molecule has 0 aromatic heterocycles. The van der Waals surface area contributed by atoms with Gasteiger partial charge in [-0.15, -0.1) is 23.5 Å². The molecule has 0 aromatic carbocycles. The van der Waals surface area contributed by atoms with E-state index in [4.69, 9.17) is 5.11 Å². The number of nitrogens with zero attached hydrogens (tertiary/aromatic N) is 1. The van der Waals surface area contributed by atoms with Crippen molar-refractivity contribution in [3.8, 4) is 0 Å². The molecule has 0 saturated carbocycles. The Hall–Kier alpha value is -3.34. The summed E-state index contributed by atoms with van der Waals surface area (Å²) >= 11 is 2.79. The summed E-state index contributed by atoms with van der Waals surface area (Å²) in [6.07, 6.45) is 3.67. The Morgan fingerprint density at radius 2 is 1.36 bits per heavy atom. The van der Waals surface area contributed by atoms with Crippen LogP contribution in [0.1, 0.15) is 71.6 Å². The fourth-order valence-corrected chi connectivity index (χ4v) is 5.88. The number of hydrogen-bond donors (Lipinski definition) is 6. The van der Waals surface area contributed by atoms with Crippen LogP contribution in [0.5, 0.6) is 0 Å². The van der Waals surface area contributed by atoms with Crippen LogP contribution in [0, 0.1) is 0 Å². The highest BCUT2D eigenvalue weighted by atomic mass is 32.2. The van der Waals surface area contributed by atoms with Crippen molar-refractivity contribution >= 4 is 70.8 Å². The molecule has 45 heavy (non-hydrogen) atoms. The van der Waals surface area contributed by atoms with Gasteiger partial charge in [0.1, 0.15) is 0 Å². The van der Waals surface area contributed by atoms with Crippen LogP contribution in [0.3, 0.4) is 0 Å². The maximum absolute atomic E-state index is 12.6. The van der Waals surface area contributed by atoms with E-state index in [0.717, 1.165) is 18.6 Å². The highest BCUT2D eigenvalue weighted by molar-refractivity contribution is 8.00. The van der Waals surface area contributed by atoms with Crippen molar-refractivity contribution in [3.63, 3.8) is 0 Å². The SMILES string of the molecule is CC(C)NC(=O)CCCN1C(=O)CC(SCCCC(=O)NCC(=O)NCC(=O)NCC(=O)NCSCCCCCC(=O)O)C1=O. The zero-order valence-electron chi connectivity index (χ0n) is 25.9. The summed E-state index contributed by atoms with van der Waals surface area (Å²) in [5, 5.41) is 20.7. The normalized spacial score (nSPS) is 14.3. The molecule has 254 valence electrons. The molecular formula is C28H46N6O9S2. The molecule has 0 radical (unpaired) electrons. The predicted molar refractivity (Wildman–Crippen MR) is 170 cm³/mol. The number of carbonyl (C=O) groups excluding carboxylic acids is 7. The summed E-state index contributed by atoms with van der Waals surface area (Å²) in [7, 11) is 0. The molecule has 0 aliphatic carbocycles. The lowest BCUT2D eigenvalue weighted by atomic mass is 10.2. The smallest absolute Gasteiger partial charge is 0.303 e. The first kappa shape index (κ1) is 39.7. The summed E-state index contributed by atoms with van der Waals surface area (Å²) in [5.41, 5.74) is 0. The number of rotatable bonds is 24. The fourth-order valence-electron chi connectivity index (χ4n) is 3.94. The first-order chi connectivity index (χ1) is 21.4. The minimum atomic E-state index is -0.812. The molecule has 0 aromatic rings. The third-order valence-corrected chi connectivity index (χ3v) is 8.41. The Morgan fingerprint density at radius 1 is 0.756 bits per heavy atom. The maximum atomic E-state index is 12.6. The van der Waals surface area contributed by atoms with Gasteiger partial charge >= 0.3 is 5.97 Å². The Balaban J connectivity index is 2.08. The van der Waals surface area contributed by atoms with Gasteiger partial charge in [0.15, 0.2) is 0 Å². The van der Waals surface area contributed by atoms with E-state index in [9.17, 15) is 38.4 Å². The second-order valence-corrected chi connectivity index (χ2v) is 13.0. The van der Waals surface area contributed by atoms with Crippen LogP contribution in [0.4, 0.5) is 0 Å². The van der Waals surface area contributed by atoms with Gasteiger partial charge in [0, 0.05) is 38.3 Å². The van der Waals surface area contributed by atoms with Crippen LogP contribution < -0.4 is 26.6 Å². The average molecular weight is 675 g/mol. The highest BCUT2D eigenvalue weighted by Gasteiger charge is 2.38. The minimum absolute atomic E-state index is 0.0245. The Labute approximate surface area is 271 Å². The van der Waals surface area contributed by atoms with Gasteiger partial charge in [-0.1, -0.05) is 6.42 Å². The maximum Gasteiger partial charge on any atom is 0.303 e. The summed E-state index contributed by atoms with van der Waals surface area (Å²) in [6, 6.07) is 0.0245. The summed E-state index contributed by atoms with van der Waals surface area (Å²) in [6.45, 7) is 2.96. The Bertz CT molecular complexity index is 1040. The predicted octanol–water partition coefficient (Wildman–Crippen LogP) is -0.267. The van der Waals surface area contributed by atoms with Crippen molar-refractivity contribution in [1.82, 2.24) is 31.5 Å². The van der Waals surface area contributed by atoms with Crippen molar-refractivity contribution in [1.29, 1.82) is 0 Å². The lowest BCUT2D eigenvalue weighted by molar-refractivity contribution is -0.139. The topological polar surface area (TPSA) is 220 Å². The van der Waals surface area contributed by atoms with Crippen molar-refractivity contribution < 1.29 is 43.5 Å². The third kappa shape index (κ3) is 19.6. The van der Waals surface area contributed by atoms with Crippen LogP contribution in [0.15, 0.2) is 0 Å². The Kier molecular flexibility index (Phi) is 20.3. The van der Waals surface area contributed by atoms with Gasteiger partial charge < -0.3 is 31.7 Å². The molecule has 15 nitrogen and oxygen atoms in total. The number of imide groups is 1. The quantitative estimate of drug-likeness (QED) is 0.0445. The van der Waals surface area contributed by atoms with Crippen molar-refractivity contribution in [3.05, 3.63) is 0 Å². The van der Waals surface area contributed by atoms with E-state index in [-0.39, 0.29) is 87.4 Å². The van der Waals surface area contributed by atoms with Crippen molar-refractivity contribution in [2.24, 2.45) is 0 Å². The first-order valence-corrected chi connectivity index (χ1v) is 17.2. The molecule has 1 unspecified atom stereocenters. The Morgan fingerprint density at radius 3 is 1.98 bits per heavy atom. The molecule has 17 heteroatoms. The van der Waals surface area contributed by atoms with E-state index < -0.39 is 23.0 Å². The van der Waals surface area contributed by atoms with E-state index >= 15 is 0 Å². The zero-order chi connectivity index (χ0) is 33.6. The monoisotopic (exact) mass is 674 g/mol. The number of carbonyl (C=O) groups is 8. The minimum Gasteiger partial charge on any atom is -0.481 e. The molecule has 1 aliphatic rings. The number of likely N-dealkylation sites (tertiary alicyclic amines) is 1. The third-order valence-electron chi connectivity index (χ3n) is 6.19. The van der Waals surface area contributed by atoms with Crippen LogP contribution in [0.2, 0.25) is 0 Å². The van der Waals surface area contributed by atoms with Crippen LogP contribution in [0.25, 0.3) is 0 Å². The molecule has 6 N–H and O–H groups in total. The number of amides is 7. The van der Waals surface area contributed by atoms with Gasteiger partial charge in [-0.25, -0.2) is 0 Å². The number of carboxylic acids is 1. The van der Waals surface area contributed by atoms with E-state index in [1.165, 1.54) is 28.4 Å². The molecule has 1 aliphatic heterocycles. The molecule has 1 heterocycles. The highest BCUT2D eigenvalue weighted by Crippen LogP contribution is 2.26. The van der Waals surface area contributed by atoms with Gasteiger partial charge in [-0.2, -0.15) is 0 Å². The largest absolute Gasteiger partial charge is 0.481 e.